The Kier molecular flexibility index (Phi) is 4.41. The summed E-state index contributed by atoms with van der Waals surface area (Å²) in [5.41, 5.74) is 8.74. The van der Waals surface area contributed by atoms with E-state index in [-0.39, 0.29) is 6.04 Å². The lowest BCUT2D eigenvalue weighted by molar-refractivity contribution is 0.252. The quantitative estimate of drug-likeness (QED) is 0.906. The normalized spacial score (nSPS) is 11.9. The number of nitrogens with zero attached hydrogens (tertiary/aromatic N) is 1. The first-order chi connectivity index (χ1) is 9.58. The Hall–Kier alpha value is -2.29. The number of aryl methyl sites for hydroxylation is 1. The highest BCUT2D eigenvalue weighted by molar-refractivity contribution is 5.91. The topological polar surface area (TPSA) is 46.3 Å². The predicted octanol–water partition coefficient (Wildman–Crippen LogP) is 3.51. The van der Waals surface area contributed by atoms with Crippen molar-refractivity contribution < 1.29 is 4.79 Å². The summed E-state index contributed by atoms with van der Waals surface area (Å²) < 4.78 is 0. The molecular formula is C17H20N2O. The minimum Gasteiger partial charge on any atom is -0.351 e. The summed E-state index contributed by atoms with van der Waals surface area (Å²) >= 11 is 0. The van der Waals surface area contributed by atoms with E-state index in [0.29, 0.717) is 0 Å². The molecule has 2 rings (SSSR count). The molecule has 0 aliphatic carbocycles. The number of primary amides is 1. The van der Waals surface area contributed by atoms with Crippen molar-refractivity contribution in [2.75, 3.05) is 4.90 Å². The number of benzene rings is 2. The summed E-state index contributed by atoms with van der Waals surface area (Å²) in [7, 11) is 0. The van der Waals surface area contributed by atoms with Gasteiger partial charge in [0.1, 0.15) is 0 Å². The zero-order chi connectivity index (χ0) is 14.5. The molecule has 0 aliphatic rings. The number of urea groups is 1. The molecule has 3 heteroatoms. The highest BCUT2D eigenvalue weighted by Crippen LogP contribution is 2.19. The van der Waals surface area contributed by atoms with Crippen molar-refractivity contribution >= 4 is 11.7 Å². The van der Waals surface area contributed by atoms with E-state index in [9.17, 15) is 4.79 Å². The Morgan fingerprint density at radius 3 is 2.25 bits per heavy atom. The molecule has 0 aromatic heterocycles. The van der Waals surface area contributed by atoms with E-state index in [4.69, 9.17) is 5.73 Å². The van der Waals surface area contributed by atoms with E-state index < -0.39 is 6.03 Å². The first-order valence-electron chi connectivity index (χ1n) is 6.77. The van der Waals surface area contributed by atoms with Crippen molar-refractivity contribution in [1.29, 1.82) is 0 Å². The van der Waals surface area contributed by atoms with E-state index in [1.807, 2.05) is 56.3 Å². The van der Waals surface area contributed by atoms with Crippen LogP contribution in [0.15, 0.2) is 54.6 Å². The minimum absolute atomic E-state index is 0.0117. The number of hydrogen-bond donors (Lipinski definition) is 1. The average Bonchev–Trinajstić information content (AvgIpc) is 2.42. The standard InChI is InChI=1S/C17H20N2O/c1-13-8-10-16(11-9-13)19(17(18)20)14(2)12-15-6-4-3-5-7-15/h3-11,14H,12H2,1-2H3,(H2,18,20)/t14-/m0/s1. The molecule has 0 aliphatic heterocycles. The van der Waals surface area contributed by atoms with E-state index in [1.165, 1.54) is 5.56 Å². The van der Waals surface area contributed by atoms with Crippen LogP contribution in [-0.4, -0.2) is 12.1 Å². The summed E-state index contributed by atoms with van der Waals surface area (Å²) in [6.07, 6.45) is 0.775. The van der Waals surface area contributed by atoms with Gasteiger partial charge in [-0.25, -0.2) is 4.79 Å². The van der Waals surface area contributed by atoms with Gasteiger partial charge in [0.15, 0.2) is 0 Å². The zero-order valence-electron chi connectivity index (χ0n) is 11.9. The Bertz CT molecular complexity index is 563. The number of rotatable bonds is 4. The maximum atomic E-state index is 11.8. The molecule has 0 bridgehead atoms. The fraction of sp³-hybridized carbons (Fsp3) is 0.235. The fourth-order valence-electron chi connectivity index (χ4n) is 2.35. The summed E-state index contributed by atoms with van der Waals surface area (Å²) in [6, 6.07) is 17.5. The van der Waals surface area contributed by atoms with Gasteiger partial charge in [-0.15, -0.1) is 0 Å². The first kappa shape index (κ1) is 14.1. The molecule has 1 atom stereocenters. The summed E-state index contributed by atoms with van der Waals surface area (Å²) in [6.45, 7) is 4.03. The molecule has 104 valence electrons. The van der Waals surface area contributed by atoms with Crippen LogP contribution in [0.2, 0.25) is 0 Å². The average molecular weight is 268 g/mol. The van der Waals surface area contributed by atoms with E-state index >= 15 is 0 Å². The highest BCUT2D eigenvalue weighted by Gasteiger charge is 2.19. The molecule has 0 unspecified atom stereocenters. The number of anilines is 1. The smallest absolute Gasteiger partial charge is 0.319 e. The Morgan fingerprint density at radius 2 is 1.70 bits per heavy atom. The fourth-order valence-corrected chi connectivity index (χ4v) is 2.35. The highest BCUT2D eigenvalue weighted by atomic mass is 16.2. The number of hydrogen-bond acceptors (Lipinski definition) is 1. The third kappa shape index (κ3) is 3.38. The molecule has 0 heterocycles. The summed E-state index contributed by atoms with van der Waals surface area (Å²) in [5, 5.41) is 0. The van der Waals surface area contributed by atoms with Crippen molar-refractivity contribution in [2.45, 2.75) is 26.3 Å². The summed E-state index contributed by atoms with van der Waals surface area (Å²) in [5.74, 6) is 0. The van der Waals surface area contributed by atoms with Gasteiger partial charge in [0.2, 0.25) is 0 Å². The molecule has 2 N–H and O–H groups in total. The molecular weight excluding hydrogens is 248 g/mol. The van der Waals surface area contributed by atoms with Gasteiger partial charge in [-0.1, -0.05) is 48.0 Å². The lowest BCUT2D eigenvalue weighted by atomic mass is 10.1. The minimum atomic E-state index is -0.419. The van der Waals surface area contributed by atoms with Gasteiger partial charge in [0, 0.05) is 11.7 Å². The third-order valence-electron chi connectivity index (χ3n) is 3.36. The largest absolute Gasteiger partial charge is 0.351 e. The van der Waals surface area contributed by atoms with Crippen LogP contribution in [0.25, 0.3) is 0 Å². The summed E-state index contributed by atoms with van der Waals surface area (Å²) in [4.78, 5) is 13.4. The maximum absolute atomic E-state index is 11.8. The van der Waals surface area contributed by atoms with Crippen molar-refractivity contribution in [1.82, 2.24) is 0 Å². The van der Waals surface area contributed by atoms with Crippen LogP contribution in [0.4, 0.5) is 10.5 Å². The molecule has 3 nitrogen and oxygen atoms in total. The van der Waals surface area contributed by atoms with Crippen molar-refractivity contribution in [3.05, 3.63) is 65.7 Å². The second-order valence-corrected chi connectivity index (χ2v) is 5.08. The molecule has 0 saturated carbocycles. The van der Waals surface area contributed by atoms with Crippen LogP contribution in [-0.2, 0) is 6.42 Å². The maximum Gasteiger partial charge on any atom is 0.319 e. The zero-order valence-corrected chi connectivity index (χ0v) is 11.9. The van der Waals surface area contributed by atoms with Crippen LogP contribution in [0.5, 0.6) is 0 Å². The number of nitrogens with two attached hydrogens (primary N) is 1. The molecule has 2 aromatic rings. The third-order valence-corrected chi connectivity index (χ3v) is 3.36. The second-order valence-electron chi connectivity index (χ2n) is 5.08. The monoisotopic (exact) mass is 268 g/mol. The molecule has 0 spiro atoms. The van der Waals surface area contributed by atoms with Crippen LogP contribution in [0.1, 0.15) is 18.1 Å². The Morgan fingerprint density at radius 1 is 1.10 bits per heavy atom. The van der Waals surface area contributed by atoms with E-state index in [0.717, 1.165) is 17.7 Å². The Labute approximate surface area is 120 Å². The number of carbonyl (C=O) groups is 1. The van der Waals surface area contributed by atoms with Gasteiger partial charge in [0.25, 0.3) is 0 Å². The van der Waals surface area contributed by atoms with Crippen LogP contribution < -0.4 is 10.6 Å². The first-order valence-corrected chi connectivity index (χ1v) is 6.77. The molecule has 0 saturated heterocycles. The molecule has 20 heavy (non-hydrogen) atoms. The second kappa shape index (κ2) is 6.24. The van der Waals surface area contributed by atoms with Crippen molar-refractivity contribution in [3.63, 3.8) is 0 Å². The van der Waals surface area contributed by atoms with Crippen LogP contribution in [0, 0.1) is 6.92 Å². The van der Waals surface area contributed by atoms with Gasteiger partial charge >= 0.3 is 6.03 Å². The lowest BCUT2D eigenvalue weighted by Crippen LogP contribution is -2.43. The molecule has 0 fully saturated rings. The van der Waals surface area contributed by atoms with Crippen LogP contribution in [0.3, 0.4) is 0 Å². The van der Waals surface area contributed by atoms with Gasteiger partial charge in [0.05, 0.1) is 0 Å². The van der Waals surface area contributed by atoms with Gasteiger partial charge < -0.3 is 5.73 Å². The molecule has 2 amide bonds. The predicted molar refractivity (Wildman–Crippen MR) is 82.8 cm³/mol. The van der Waals surface area contributed by atoms with Gasteiger partial charge in [-0.05, 0) is 38.0 Å². The van der Waals surface area contributed by atoms with E-state index in [1.54, 1.807) is 4.90 Å². The van der Waals surface area contributed by atoms with Gasteiger partial charge in [-0.2, -0.15) is 0 Å². The molecule has 2 aromatic carbocycles. The van der Waals surface area contributed by atoms with E-state index in [2.05, 4.69) is 12.1 Å². The van der Waals surface area contributed by atoms with Gasteiger partial charge in [-0.3, -0.25) is 4.90 Å². The van der Waals surface area contributed by atoms with Crippen molar-refractivity contribution in [2.24, 2.45) is 5.73 Å². The number of amides is 2. The Balaban J connectivity index is 2.20. The number of carbonyl (C=O) groups excluding carboxylic acids is 1. The van der Waals surface area contributed by atoms with Crippen molar-refractivity contribution in [3.8, 4) is 0 Å². The van der Waals surface area contributed by atoms with Crippen LogP contribution >= 0.6 is 0 Å². The molecule has 0 radical (unpaired) electrons. The SMILES string of the molecule is Cc1ccc(N(C(N)=O)[C@@H](C)Cc2ccccc2)cc1. The lowest BCUT2D eigenvalue weighted by Gasteiger charge is -2.28.